The van der Waals surface area contributed by atoms with E-state index in [-0.39, 0.29) is 6.23 Å². The van der Waals surface area contributed by atoms with Crippen LogP contribution >= 0.6 is 0 Å². The molecular formula is C20H21NO. The third kappa shape index (κ3) is 2.24. The van der Waals surface area contributed by atoms with Crippen LogP contribution in [0.1, 0.15) is 41.8 Å². The van der Waals surface area contributed by atoms with E-state index >= 15 is 0 Å². The number of hydrogen-bond acceptors (Lipinski definition) is 2. The fourth-order valence-electron chi connectivity index (χ4n) is 3.40. The molecule has 1 unspecified atom stereocenters. The molecule has 2 aliphatic heterocycles. The van der Waals surface area contributed by atoms with Gasteiger partial charge in [0.15, 0.2) is 6.23 Å². The van der Waals surface area contributed by atoms with Crippen molar-refractivity contribution in [3.63, 3.8) is 0 Å². The minimum Gasteiger partial charge on any atom is -0.354 e. The van der Waals surface area contributed by atoms with Crippen molar-refractivity contribution in [2.45, 2.75) is 26.0 Å². The summed E-state index contributed by atoms with van der Waals surface area (Å²) in [6.07, 6.45) is 4.54. The smallest absolute Gasteiger partial charge is 0.157 e. The summed E-state index contributed by atoms with van der Waals surface area (Å²) in [5.74, 6) is 0. The maximum Gasteiger partial charge on any atom is 0.157 e. The summed E-state index contributed by atoms with van der Waals surface area (Å²) in [5.41, 5.74) is 6.51. The second-order valence-electron chi connectivity index (χ2n) is 5.98. The van der Waals surface area contributed by atoms with Crippen molar-refractivity contribution in [1.29, 1.82) is 0 Å². The van der Waals surface area contributed by atoms with E-state index in [1.54, 1.807) is 0 Å². The minimum absolute atomic E-state index is 0.0656. The highest BCUT2D eigenvalue weighted by atomic mass is 16.5. The van der Waals surface area contributed by atoms with Crippen LogP contribution in [0.2, 0.25) is 0 Å². The van der Waals surface area contributed by atoms with Crippen LogP contribution in [-0.2, 0) is 11.2 Å². The molecule has 22 heavy (non-hydrogen) atoms. The van der Waals surface area contributed by atoms with Crippen LogP contribution in [0, 0.1) is 0 Å². The van der Waals surface area contributed by atoms with Gasteiger partial charge in [0.25, 0.3) is 0 Å². The van der Waals surface area contributed by atoms with Crippen LogP contribution in [-0.4, -0.2) is 18.1 Å². The molecule has 2 aromatic rings. The van der Waals surface area contributed by atoms with Crippen LogP contribution in [0.3, 0.4) is 0 Å². The highest BCUT2D eigenvalue weighted by Crippen LogP contribution is 2.40. The van der Waals surface area contributed by atoms with Crippen molar-refractivity contribution in [3.8, 4) is 0 Å². The molecule has 2 heterocycles. The third-order valence-electron chi connectivity index (χ3n) is 4.62. The zero-order valence-corrected chi connectivity index (χ0v) is 13.0. The number of hydrogen-bond donors (Lipinski definition) is 0. The lowest BCUT2D eigenvalue weighted by Gasteiger charge is -2.42. The van der Waals surface area contributed by atoms with Crippen molar-refractivity contribution in [2.24, 2.45) is 0 Å². The number of ether oxygens (including phenoxy) is 1. The van der Waals surface area contributed by atoms with Crippen LogP contribution < -0.4 is 0 Å². The topological polar surface area (TPSA) is 12.5 Å². The molecule has 112 valence electrons. The van der Waals surface area contributed by atoms with Crippen LogP contribution in [0.4, 0.5) is 0 Å². The first-order chi connectivity index (χ1) is 10.9. The molecule has 0 amide bonds. The van der Waals surface area contributed by atoms with Crippen molar-refractivity contribution in [1.82, 2.24) is 4.90 Å². The highest BCUT2D eigenvalue weighted by Gasteiger charge is 2.31. The lowest BCUT2D eigenvalue weighted by atomic mass is 9.95. The van der Waals surface area contributed by atoms with Crippen molar-refractivity contribution < 1.29 is 4.74 Å². The summed E-state index contributed by atoms with van der Waals surface area (Å²) in [6, 6.07) is 17.5. The molecule has 2 nitrogen and oxygen atoms in total. The average Bonchev–Trinajstić information content (AvgIpc) is 2.61. The maximum absolute atomic E-state index is 6.09. The Morgan fingerprint density at radius 3 is 2.73 bits per heavy atom. The number of aryl methyl sites for hydroxylation is 1. The van der Waals surface area contributed by atoms with Gasteiger partial charge in [0, 0.05) is 17.8 Å². The molecule has 0 bridgehead atoms. The number of benzene rings is 2. The molecule has 0 saturated carbocycles. The predicted octanol–water partition coefficient (Wildman–Crippen LogP) is 4.48. The molecule has 0 spiro atoms. The molecule has 4 rings (SSSR count). The van der Waals surface area contributed by atoms with Gasteiger partial charge in [0.05, 0.1) is 6.61 Å². The van der Waals surface area contributed by atoms with Gasteiger partial charge in [0.2, 0.25) is 0 Å². The van der Waals surface area contributed by atoms with Gasteiger partial charge in [0.1, 0.15) is 0 Å². The van der Waals surface area contributed by atoms with Gasteiger partial charge >= 0.3 is 0 Å². The normalized spacial score (nSPS) is 20.1. The van der Waals surface area contributed by atoms with E-state index in [2.05, 4.69) is 66.4 Å². The lowest BCUT2D eigenvalue weighted by molar-refractivity contribution is -0.0700. The number of fused-ring (bicyclic) bond motifs is 3. The standard InChI is InChI=1S/C20H21NO/c1-2-15-8-10-16(11-9-15)19-14-17-6-3-4-7-18(17)20-21(19)12-5-13-22-20/h3-4,6-11,14,20H,2,5,12-13H2,1H3. The summed E-state index contributed by atoms with van der Waals surface area (Å²) in [5, 5.41) is 0. The molecule has 0 radical (unpaired) electrons. The highest BCUT2D eigenvalue weighted by molar-refractivity contribution is 5.83. The Morgan fingerprint density at radius 1 is 1.09 bits per heavy atom. The molecule has 1 saturated heterocycles. The summed E-state index contributed by atoms with van der Waals surface area (Å²) in [6.45, 7) is 4.09. The fourth-order valence-corrected chi connectivity index (χ4v) is 3.40. The fraction of sp³-hybridized carbons (Fsp3) is 0.300. The average molecular weight is 291 g/mol. The van der Waals surface area contributed by atoms with E-state index in [1.165, 1.54) is 28.0 Å². The Bertz CT molecular complexity index is 702. The lowest BCUT2D eigenvalue weighted by Crippen LogP contribution is -2.37. The zero-order valence-electron chi connectivity index (χ0n) is 13.0. The minimum atomic E-state index is 0.0656. The Morgan fingerprint density at radius 2 is 1.91 bits per heavy atom. The zero-order chi connectivity index (χ0) is 14.9. The second kappa shape index (κ2) is 5.62. The Hall–Kier alpha value is -2.06. The first-order valence-corrected chi connectivity index (χ1v) is 8.15. The third-order valence-corrected chi connectivity index (χ3v) is 4.62. The van der Waals surface area contributed by atoms with Gasteiger partial charge in [-0.25, -0.2) is 0 Å². The van der Waals surface area contributed by atoms with Crippen LogP contribution in [0.15, 0.2) is 48.5 Å². The molecular weight excluding hydrogens is 270 g/mol. The van der Waals surface area contributed by atoms with Gasteiger partial charge in [-0.3, -0.25) is 0 Å². The van der Waals surface area contributed by atoms with E-state index < -0.39 is 0 Å². The summed E-state index contributed by atoms with van der Waals surface area (Å²) in [7, 11) is 0. The van der Waals surface area contributed by atoms with E-state index in [0.29, 0.717) is 0 Å². The van der Waals surface area contributed by atoms with Crippen LogP contribution in [0.5, 0.6) is 0 Å². The van der Waals surface area contributed by atoms with Gasteiger partial charge in [-0.15, -0.1) is 0 Å². The first kappa shape index (κ1) is 13.6. The Balaban J connectivity index is 1.81. The number of nitrogens with zero attached hydrogens (tertiary/aromatic N) is 1. The van der Waals surface area contributed by atoms with E-state index in [0.717, 1.165) is 26.0 Å². The van der Waals surface area contributed by atoms with Gasteiger partial charge in [-0.1, -0.05) is 55.5 Å². The molecule has 2 aromatic carbocycles. The Labute approximate surface area is 132 Å². The van der Waals surface area contributed by atoms with Crippen molar-refractivity contribution in [2.75, 3.05) is 13.2 Å². The van der Waals surface area contributed by atoms with Gasteiger partial charge in [-0.05, 0) is 35.6 Å². The molecule has 1 atom stereocenters. The summed E-state index contributed by atoms with van der Waals surface area (Å²) < 4.78 is 6.09. The molecule has 0 aromatic heterocycles. The van der Waals surface area contributed by atoms with E-state index in [9.17, 15) is 0 Å². The number of rotatable bonds is 2. The first-order valence-electron chi connectivity index (χ1n) is 8.15. The molecule has 1 fully saturated rings. The monoisotopic (exact) mass is 291 g/mol. The quantitative estimate of drug-likeness (QED) is 0.809. The van der Waals surface area contributed by atoms with Crippen molar-refractivity contribution in [3.05, 3.63) is 70.8 Å². The Kier molecular flexibility index (Phi) is 3.47. The van der Waals surface area contributed by atoms with E-state index in [4.69, 9.17) is 4.74 Å². The molecule has 2 heteroatoms. The van der Waals surface area contributed by atoms with Crippen LogP contribution in [0.25, 0.3) is 11.8 Å². The maximum atomic E-state index is 6.09. The molecule has 0 aliphatic carbocycles. The summed E-state index contributed by atoms with van der Waals surface area (Å²) in [4.78, 5) is 2.41. The molecule has 2 aliphatic rings. The van der Waals surface area contributed by atoms with Crippen molar-refractivity contribution >= 4 is 11.8 Å². The van der Waals surface area contributed by atoms with Gasteiger partial charge in [-0.2, -0.15) is 0 Å². The largest absolute Gasteiger partial charge is 0.354 e. The second-order valence-corrected chi connectivity index (χ2v) is 5.98. The van der Waals surface area contributed by atoms with E-state index in [1.807, 2.05) is 0 Å². The molecule has 0 N–H and O–H groups in total. The summed E-state index contributed by atoms with van der Waals surface area (Å²) >= 11 is 0. The van der Waals surface area contributed by atoms with Gasteiger partial charge < -0.3 is 9.64 Å². The predicted molar refractivity (Wildman–Crippen MR) is 90.1 cm³/mol. The SMILES string of the molecule is CCc1ccc(C2=Cc3ccccc3C3OCCCN23)cc1.